The third-order valence-corrected chi connectivity index (χ3v) is 5.16. The summed E-state index contributed by atoms with van der Waals surface area (Å²) in [5.41, 5.74) is 2.12. The Balaban J connectivity index is 0.00000392. The molecule has 2 aromatic rings. The second kappa shape index (κ2) is 13.9. The van der Waals surface area contributed by atoms with Crippen molar-refractivity contribution < 1.29 is 5.11 Å². The predicted octanol–water partition coefficient (Wildman–Crippen LogP) is 4.53. The molecule has 28 heavy (non-hydrogen) atoms. The molecule has 2 rings (SSSR count). The summed E-state index contributed by atoms with van der Waals surface area (Å²) in [5.74, 6) is 1.87. The topological polar surface area (TPSA) is 69.5 Å². The van der Waals surface area contributed by atoms with Gasteiger partial charge in [-0.2, -0.15) is 0 Å². The molecule has 0 fully saturated rings. The first kappa shape index (κ1) is 24.8. The Morgan fingerprint density at radius 1 is 1.21 bits per heavy atom. The van der Waals surface area contributed by atoms with Crippen LogP contribution in [0.3, 0.4) is 0 Å². The van der Waals surface area contributed by atoms with Crippen LogP contribution in [-0.2, 0) is 6.54 Å². The maximum Gasteiger partial charge on any atom is 0.191 e. The SMILES string of the molecule is CCNC(=NCc1csc(-c2ccccc2)n1)NCC(CCO)CC(C)C.I. The van der Waals surface area contributed by atoms with Crippen LogP contribution < -0.4 is 10.6 Å². The summed E-state index contributed by atoms with van der Waals surface area (Å²) in [5, 5.41) is 19.1. The minimum absolute atomic E-state index is 0. The van der Waals surface area contributed by atoms with Gasteiger partial charge in [-0.05, 0) is 31.6 Å². The second-order valence-corrected chi connectivity index (χ2v) is 7.95. The predicted molar refractivity (Wildman–Crippen MR) is 130 cm³/mol. The maximum absolute atomic E-state index is 9.29. The number of halogens is 1. The normalized spacial score (nSPS) is 12.5. The molecule has 0 aliphatic carbocycles. The number of hydrogen-bond donors (Lipinski definition) is 3. The second-order valence-electron chi connectivity index (χ2n) is 7.09. The highest BCUT2D eigenvalue weighted by atomic mass is 127. The molecule has 0 amide bonds. The highest BCUT2D eigenvalue weighted by Gasteiger charge is 2.11. The van der Waals surface area contributed by atoms with Gasteiger partial charge < -0.3 is 15.7 Å². The van der Waals surface area contributed by atoms with Crippen LogP contribution in [0.5, 0.6) is 0 Å². The van der Waals surface area contributed by atoms with E-state index in [1.54, 1.807) is 11.3 Å². The number of aliphatic imine (C=N–C) groups is 1. The molecule has 0 saturated heterocycles. The Labute approximate surface area is 190 Å². The number of nitrogens with one attached hydrogen (secondary N) is 2. The lowest BCUT2D eigenvalue weighted by atomic mass is 9.94. The van der Waals surface area contributed by atoms with Crippen LogP contribution in [0.15, 0.2) is 40.7 Å². The molecule has 0 aliphatic rings. The molecule has 0 saturated carbocycles. The van der Waals surface area contributed by atoms with Gasteiger partial charge in [0.15, 0.2) is 5.96 Å². The van der Waals surface area contributed by atoms with E-state index in [4.69, 9.17) is 4.98 Å². The fourth-order valence-corrected chi connectivity index (χ4v) is 3.81. The van der Waals surface area contributed by atoms with Gasteiger partial charge >= 0.3 is 0 Å². The van der Waals surface area contributed by atoms with Crippen LogP contribution >= 0.6 is 35.3 Å². The lowest BCUT2D eigenvalue weighted by Crippen LogP contribution is -2.40. The largest absolute Gasteiger partial charge is 0.396 e. The fraction of sp³-hybridized carbons (Fsp3) is 0.524. The van der Waals surface area contributed by atoms with Gasteiger partial charge in [-0.1, -0.05) is 44.2 Å². The van der Waals surface area contributed by atoms with E-state index in [2.05, 4.69) is 53.9 Å². The smallest absolute Gasteiger partial charge is 0.191 e. The summed E-state index contributed by atoms with van der Waals surface area (Å²) in [6.07, 6.45) is 1.91. The molecule has 1 heterocycles. The van der Waals surface area contributed by atoms with Crippen molar-refractivity contribution in [1.29, 1.82) is 0 Å². The standard InChI is InChI=1S/C21H32N4OS.HI/c1-4-22-21(23-13-17(10-11-26)12-16(2)3)24-14-19-15-27-20(25-19)18-8-6-5-7-9-18;/h5-9,15-17,26H,4,10-14H2,1-3H3,(H2,22,23,24);1H. The average Bonchev–Trinajstić information content (AvgIpc) is 3.13. The zero-order valence-electron chi connectivity index (χ0n) is 17.0. The van der Waals surface area contributed by atoms with E-state index in [-0.39, 0.29) is 30.6 Å². The quantitative estimate of drug-likeness (QED) is 0.247. The number of aliphatic hydroxyl groups excluding tert-OH is 1. The van der Waals surface area contributed by atoms with Crippen molar-refractivity contribution in [3.8, 4) is 10.6 Å². The molecular formula is C21H33IN4OS. The van der Waals surface area contributed by atoms with Gasteiger partial charge in [-0.15, -0.1) is 35.3 Å². The van der Waals surface area contributed by atoms with Crippen LogP contribution in [0.1, 0.15) is 39.3 Å². The van der Waals surface area contributed by atoms with E-state index in [0.717, 1.165) is 48.2 Å². The summed E-state index contributed by atoms with van der Waals surface area (Å²) in [7, 11) is 0. The summed E-state index contributed by atoms with van der Waals surface area (Å²) >= 11 is 1.65. The van der Waals surface area contributed by atoms with Crippen LogP contribution in [0.25, 0.3) is 10.6 Å². The van der Waals surface area contributed by atoms with Crippen molar-refractivity contribution in [3.05, 3.63) is 41.4 Å². The van der Waals surface area contributed by atoms with Gasteiger partial charge in [0.25, 0.3) is 0 Å². The number of guanidine groups is 1. The minimum Gasteiger partial charge on any atom is -0.396 e. The molecule has 1 aromatic heterocycles. The number of nitrogens with zero attached hydrogens (tertiary/aromatic N) is 2. The Hall–Kier alpha value is -1.19. The summed E-state index contributed by atoms with van der Waals surface area (Å²) in [4.78, 5) is 9.38. The average molecular weight is 516 g/mol. The van der Waals surface area contributed by atoms with Gasteiger partial charge in [0.1, 0.15) is 5.01 Å². The lowest BCUT2D eigenvalue weighted by Gasteiger charge is -2.20. The number of aromatic nitrogens is 1. The first-order valence-corrected chi connectivity index (χ1v) is 10.6. The summed E-state index contributed by atoms with van der Waals surface area (Å²) < 4.78 is 0. The van der Waals surface area contributed by atoms with E-state index in [0.29, 0.717) is 18.4 Å². The molecule has 1 aromatic carbocycles. The van der Waals surface area contributed by atoms with E-state index in [9.17, 15) is 5.11 Å². The number of benzene rings is 1. The minimum atomic E-state index is 0. The molecule has 156 valence electrons. The lowest BCUT2D eigenvalue weighted by molar-refractivity contribution is 0.243. The Kier molecular flexibility index (Phi) is 12.3. The van der Waals surface area contributed by atoms with Crippen molar-refractivity contribution in [3.63, 3.8) is 0 Å². The molecule has 0 spiro atoms. The summed E-state index contributed by atoms with van der Waals surface area (Å²) in [6, 6.07) is 10.2. The van der Waals surface area contributed by atoms with Gasteiger partial charge in [0, 0.05) is 30.6 Å². The van der Waals surface area contributed by atoms with E-state index < -0.39 is 0 Å². The van der Waals surface area contributed by atoms with Gasteiger partial charge in [0.05, 0.1) is 12.2 Å². The van der Waals surface area contributed by atoms with Gasteiger partial charge in [-0.3, -0.25) is 0 Å². The van der Waals surface area contributed by atoms with Crippen molar-refractivity contribution in [1.82, 2.24) is 15.6 Å². The zero-order valence-corrected chi connectivity index (χ0v) is 20.2. The summed E-state index contributed by atoms with van der Waals surface area (Å²) in [6.45, 7) is 8.91. The first-order chi connectivity index (χ1) is 13.1. The van der Waals surface area contributed by atoms with E-state index >= 15 is 0 Å². The molecule has 0 bridgehead atoms. The van der Waals surface area contributed by atoms with Crippen molar-refractivity contribution in [2.75, 3.05) is 19.7 Å². The maximum atomic E-state index is 9.29. The molecule has 0 aliphatic heterocycles. The number of aliphatic hydroxyl groups is 1. The van der Waals surface area contributed by atoms with Crippen molar-refractivity contribution in [2.24, 2.45) is 16.8 Å². The Morgan fingerprint density at radius 2 is 1.96 bits per heavy atom. The van der Waals surface area contributed by atoms with Crippen LogP contribution in [0.2, 0.25) is 0 Å². The van der Waals surface area contributed by atoms with E-state index in [1.165, 1.54) is 0 Å². The molecule has 7 heteroatoms. The Morgan fingerprint density at radius 3 is 2.61 bits per heavy atom. The molecule has 1 atom stereocenters. The Bertz CT molecular complexity index is 691. The highest BCUT2D eigenvalue weighted by Crippen LogP contribution is 2.23. The third-order valence-electron chi connectivity index (χ3n) is 4.22. The molecular weight excluding hydrogens is 483 g/mol. The zero-order chi connectivity index (χ0) is 19.5. The fourth-order valence-electron chi connectivity index (χ4n) is 2.99. The number of hydrogen-bond acceptors (Lipinski definition) is 4. The van der Waals surface area contributed by atoms with Crippen LogP contribution in [-0.4, -0.2) is 35.7 Å². The molecule has 3 N–H and O–H groups in total. The number of rotatable bonds is 10. The van der Waals surface area contributed by atoms with Crippen LogP contribution in [0, 0.1) is 11.8 Å². The van der Waals surface area contributed by atoms with Gasteiger partial charge in [-0.25, -0.2) is 9.98 Å². The van der Waals surface area contributed by atoms with E-state index in [1.807, 2.05) is 18.2 Å². The van der Waals surface area contributed by atoms with Gasteiger partial charge in [0.2, 0.25) is 0 Å². The molecule has 0 radical (unpaired) electrons. The monoisotopic (exact) mass is 516 g/mol. The highest BCUT2D eigenvalue weighted by molar-refractivity contribution is 14.0. The first-order valence-electron chi connectivity index (χ1n) is 9.75. The molecule has 1 unspecified atom stereocenters. The number of thiazole rings is 1. The van der Waals surface area contributed by atoms with Crippen LogP contribution in [0.4, 0.5) is 0 Å². The molecule has 5 nitrogen and oxygen atoms in total. The third kappa shape index (κ3) is 8.87. The van der Waals surface area contributed by atoms with Crippen molar-refractivity contribution in [2.45, 2.75) is 40.2 Å². The van der Waals surface area contributed by atoms with Crippen molar-refractivity contribution >= 4 is 41.3 Å².